The molecule has 0 aliphatic carbocycles. The molecule has 0 N–H and O–H groups in total. The van der Waals surface area contributed by atoms with Crippen molar-refractivity contribution in [3.05, 3.63) is 53.2 Å². The van der Waals surface area contributed by atoms with Crippen LogP contribution in [-0.2, 0) is 15.6 Å². The summed E-state index contributed by atoms with van der Waals surface area (Å²) in [6, 6.07) is 10.3. The van der Waals surface area contributed by atoms with Crippen molar-refractivity contribution in [1.29, 1.82) is 0 Å². The van der Waals surface area contributed by atoms with E-state index in [0.717, 1.165) is 15.3 Å². The highest BCUT2D eigenvalue weighted by Crippen LogP contribution is 2.28. The topological polar surface area (TPSA) is 37.4 Å². The first-order valence-corrected chi connectivity index (χ1v) is 9.60. The fourth-order valence-corrected chi connectivity index (χ4v) is 4.30. The summed E-state index contributed by atoms with van der Waals surface area (Å²) in [7, 11) is -0.780. The summed E-state index contributed by atoms with van der Waals surface area (Å²) in [5.74, 6) is 0.831. The average Bonchev–Trinajstić information content (AvgIpc) is 3.03. The van der Waals surface area contributed by atoms with Gasteiger partial charge < -0.3 is 4.90 Å². The van der Waals surface area contributed by atoms with Crippen LogP contribution in [0, 0.1) is 5.82 Å². The Balaban J connectivity index is 1.65. The highest BCUT2D eigenvalue weighted by atomic mass is 32.2. The summed E-state index contributed by atoms with van der Waals surface area (Å²) >= 11 is 1.55. The third kappa shape index (κ3) is 4.14. The fraction of sp³-hybridized carbons (Fsp3) is 0.235. The van der Waals surface area contributed by atoms with E-state index in [4.69, 9.17) is 0 Å². The number of hydrogen-bond acceptors (Lipinski definition) is 3. The van der Waals surface area contributed by atoms with Gasteiger partial charge in [0.25, 0.3) is 0 Å². The van der Waals surface area contributed by atoms with E-state index in [1.807, 2.05) is 12.1 Å². The van der Waals surface area contributed by atoms with Gasteiger partial charge in [-0.15, -0.1) is 11.3 Å². The molecule has 1 aliphatic heterocycles. The second kappa shape index (κ2) is 7.19. The quantitative estimate of drug-likeness (QED) is 0.798. The van der Waals surface area contributed by atoms with Gasteiger partial charge in [-0.3, -0.25) is 9.00 Å². The molecule has 1 aromatic carbocycles. The standard InChI is InChI=1S/C17H16FNO2S2/c18-14-3-1-13(2-4-14)16-7-5-15(22-16)6-8-17(20)19-9-11-23(21)12-10-19/h1-8H,9-12H2/b8-6-. The molecule has 3 rings (SSSR count). The minimum absolute atomic E-state index is 0.0431. The second-order valence-corrected chi connectivity index (χ2v) is 8.03. The predicted molar refractivity (Wildman–Crippen MR) is 93.2 cm³/mol. The molecule has 0 bridgehead atoms. The van der Waals surface area contributed by atoms with Crippen LogP contribution in [0.1, 0.15) is 4.88 Å². The van der Waals surface area contributed by atoms with Crippen LogP contribution >= 0.6 is 11.3 Å². The monoisotopic (exact) mass is 349 g/mol. The predicted octanol–water partition coefficient (Wildman–Crippen LogP) is 3.16. The molecule has 1 fully saturated rings. The lowest BCUT2D eigenvalue weighted by atomic mass is 10.2. The van der Waals surface area contributed by atoms with E-state index in [-0.39, 0.29) is 11.7 Å². The normalized spacial score (nSPS) is 16.1. The first-order chi connectivity index (χ1) is 11.1. The van der Waals surface area contributed by atoms with Crippen molar-refractivity contribution in [3.8, 4) is 10.4 Å². The zero-order valence-electron chi connectivity index (χ0n) is 12.4. The number of carbonyl (C=O) groups excluding carboxylic acids is 1. The van der Waals surface area contributed by atoms with E-state index >= 15 is 0 Å². The third-order valence-corrected chi connectivity index (χ3v) is 6.01. The van der Waals surface area contributed by atoms with Crippen molar-refractivity contribution in [2.75, 3.05) is 24.6 Å². The fourth-order valence-electron chi connectivity index (χ4n) is 2.33. The first kappa shape index (κ1) is 16.1. The molecule has 1 saturated heterocycles. The summed E-state index contributed by atoms with van der Waals surface area (Å²) < 4.78 is 24.3. The van der Waals surface area contributed by atoms with Crippen molar-refractivity contribution in [1.82, 2.24) is 4.90 Å². The van der Waals surface area contributed by atoms with Crippen LogP contribution in [0.5, 0.6) is 0 Å². The summed E-state index contributed by atoms with van der Waals surface area (Å²) in [5.41, 5.74) is 0.959. The van der Waals surface area contributed by atoms with E-state index in [1.54, 1.807) is 40.5 Å². The summed E-state index contributed by atoms with van der Waals surface area (Å²) in [6.07, 6.45) is 3.36. The van der Waals surface area contributed by atoms with E-state index in [2.05, 4.69) is 0 Å². The van der Waals surface area contributed by atoms with Crippen LogP contribution in [0.25, 0.3) is 16.5 Å². The van der Waals surface area contributed by atoms with E-state index in [0.29, 0.717) is 24.6 Å². The number of thiophene rings is 1. The zero-order chi connectivity index (χ0) is 16.2. The number of halogens is 1. The van der Waals surface area contributed by atoms with Crippen LogP contribution in [0.15, 0.2) is 42.5 Å². The molecular formula is C17H16FNO2S2. The number of amides is 1. The van der Waals surface area contributed by atoms with E-state index < -0.39 is 10.8 Å². The highest BCUT2D eigenvalue weighted by molar-refractivity contribution is 7.85. The smallest absolute Gasteiger partial charge is 0.246 e. The molecular weight excluding hydrogens is 333 g/mol. The Morgan fingerprint density at radius 3 is 2.52 bits per heavy atom. The van der Waals surface area contributed by atoms with Gasteiger partial charge in [-0.2, -0.15) is 0 Å². The summed E-state index contributed by atoms with van der Waals surface area (Å²) in [5, 5.41) is 0. The lowest BCUT2D eigenvalue weighted by Crippen LogP contribution is -2.40. The van der Waals surface area contributed by atoms with Gasteiger partial charge in [0, 0.05) is 51.2 Å². The average molecular weight is 349 g/mol. The molecule has 23 heavy (non-hydrogen) atoms. The molecule has 120 valence electrons. The zero-order valence-corrected chi connectivity index (χ0v) is 14.0. The maximum atomic E-state index is 12.9. The SMILES string of the molecule is O=C(/C=C\c1ccc(-c2ccc(F)cc2)s1)N1CCS(=O)CC1. The second-order valence-electron chi connectivity index (χ2n) is 5.22. The van der Waals surface area contributed by atoms with E-state index in [9.17, 15) is 13.4 Å². The van der Waals surface area contributed by atoms with Gasteiger partial charge >= 0.3 is 0 Å². The first-order valence-electron chi connectivity index (χ1n) is 7.29. The van der Waals surface area contributed by atoms with Crippen LogP contribution in [0.2, 0.25) is 0 Å². The highest BCUT2D eigenvalue weighted by Gasteiger charge is 2.17. The molecule has 0 unspecified atom stereocenters. The molecule has 0 atom stereocenters. The van der Waals surface area contributed by atoms with Gasteiger partial charge in [0.05, 0.1) is 0 Å². The molecule has 1 aliphatic rings. The van der Waals surface area contributed by atoms with Gasteiger partial charge in [0.1, 0.15) is 5.82 Å². The van der Waals surface area contributed by atoms with Crippen molar-refractivity contribution >= 4 is 34.1 Å². The lowest BCUT2D eigenvalue weighted by molar-refractivity contribution is -0.125. The molecule has 0 saturated carbocycles. The van der Waals surface area contributed by atoms with Crippen LogP contribution < -0.4 is 0 Å². The molecule has 1 amide bonds. The molecule has 3 nitrogen and oxygen atoms in total. The van der Waals surface area contributed by atoms with Crippen molar-refractivity contribution in [2.24, 2.45) is 0 Å². The van der Waals surface area contributed by atoms with Crippen molar-refractivity contribution < 1.29 is 13.4 Å². The largest absolute Gasteiger partial charge is 0.337 e. The Labute approximate surface area is 140 Å². The Kier molecular flexibility index (Phi) is 5.03. The number of carbonyl (C=O) groups is 1. The third-order valence-electron chi connectivity index (χ3n) is 3.64. The molecule has 0 spiro atoms. The lowest BCUT2D eigenvalue weighted by Gasteiger charge is -2.24. The van der Waals surface area contributed by atoms with Gasteiger partial charge in [0.2, 0.25) is 5.91 Å². The number of rotatable bonds is 3. The molecule has 1 aromatic heterocycles. The summed E-state index contributed by atoms with van der Waals surface area (Å²) in [4.78, 5) is 15.8. The maximum absolute atomic E-state index is 12.9. The van der Waals surface area contributed by atoms with Crippen LogP contribution in [-0.4, -0.2) is 39.6 Å². The van der Waals surface area contributed by atoms with Gasteiger partial charge in [-0.1, -0.05) is 12.1 Å². The van der Waals surface area contributed by atoms with Gasteiger partial charge in [0.15, 0.2) is 0 Å². The molecule has 2 heterocycles. The Bertz CT molecular complexity index is 742. The van der Waals surface area contributed by atoms with Gasteiger partial charge in [-0.25, -0.2) is 4.39 Å². The number of benzene rings is 1. The number of hydrogen-bond donors (Lipinski definition) is 0. The van der Waals surface area contributed by atoms with Gasteiger partial charge in [-0.05, 0) is 35.9 Å². The molecule has 6 heteroatoms. The number of nitrogens with zero attached hydrogens (tertiary/aromatic N) is 1. The summed E-state index contributed by atoms with van der Waals surface area (Å²) in [6.45, 7) is 1.11. The minimum atomic E-state index is -0.780. The maximum Gasteiger partial charge on any atom is 0.246 e. The Morgan fingerprint density at radius 2 is 1.83 bits per heavy atom. The van der Waals surface area contributed by atoms with Crippen molar-refractivity contribution in [3.63, 3.8) is 0 Å². The minimum Gasteiger partial charge on any atom is -0.337 e. The van der Waals surface area contributed by atoms with Crippen LogP contribution in [0.4, 0.5) is 4.39 Å². The van der Waals surface area contributed by atoms with E-state index in [1.165, 1.54) is 12.1 Å². The van der Waals surface area contributed by atoms with Crippen LogP contribution in [0.3, 0.4) is 0 Å². The Morgan fingerprint density at radius 1 is 1.13 bits per heavy atom. The molecule has 0 radical (unpaired) electrons. The van der Waals surface area contributed by atoms with Crippen molar-refractivity contribution in [2.45, 2.75) is 0 Å². The Hall–Kier alpha value is -1.79. The molecule has 2 aromatic rings.